The zero-order valence-electron chi connectivity index (χ0n) is 12.6. The first-order valence-corrected chi connectivity index (χ1v) is 8.82. The molecule has 1 aromatic rings. The highest BCUT2D eigenvalue weighted by molar-refractivity contribution is 8.01. The van der Waals surface area contributed by atoms with E-state index in [1.807, 2.05) is 0 Å². The van der Waals surface area contributed by atoms with Gasteiger partial charge in [0.25, 0.3) is 0 Å². The summed E-state index contributed by atoms with van der Waals surface area (Å²) in [5.41, 5.74) is 6.32. The number of nitrogens with zero attached hydrogens (tertiary/aromatic N) is 1. The molecule has 3 rings (SSSR count). The first-order valence-electron chi connectivity index (χ1n) is 7.06. The van der Waals surface area contributed by atoms with E-state index < -0.39 is 22.8 Å². The first-order chi connectivity index (χ1) is 10.7. The highest BCUT2D eigenvalue weighted by Gasteiger charge is 2.64. The van der Waals surface area contributed by atoms with E-state index in [1.165, 1.54) is 28.0 Å². The molecular formula is C14H17N3O4S2. The number of carboxylic acid groups (broad SMARTS) is 1. The Kier molecular flexibility index (Phi) is 3.80. The van der Waals surface area contributed by atoms with Crippen LogP contribution in [0.1, 0.15) is 18.7 Å². The number of carboxylic acids is 1. The number of rotatable bonds is 4. The van der Waals surface area contributed by atoms with Crippen molar-refractivity contribution in [2.24, 2.45) is 0 Å². The van der Waals surface area contributed by atoms with Crippen LogP contribution in [-0.4, -0.2) is 50.0 Å². The normalized spacial score (nSPS) is 28.2. The van der Waals surface area contributed by atoms with Crippen molar-refractivity contribution < 1.29 is 19.5 Å². The van der Waals surface area contributed by atoms with Crippen LogP contribution in [0.3, 0.4) is 0 Å². The minimum absolute atomic E-state index is 0.121. The van der Waals surface area contributed by atoms with Gasteiger partial charge in [-0.2, -0.15) is 0 Å². The molecule has 0 aliphatic carbocycles. The number of hydrogen-bond donors (Lipinski definition) is 3. The van der Waals surface area contributed by atoms with Crippen molar-refractivity contribution in [2.75, 3.05) is 5.73 Å². The summed E-state index contributed by atoms with van der Waals surface area (Å²) in [6.45, 7) is 3.60. The maximum Gasteiger partial charge on any atom is 0.327 e. The number of fused-ring (bicyclic) bond motifs is 1. The van der Waals surface area contributed by atoms with Crippen molar-refractivity contribution in [1.82, 2.24) is 10.2 Å². The molecule has 0 bridgehead atoms. The summed E-state index contributed by atoms with van der Waals surface area (Å²) in [5, 5.41) is 13.5. The number of aliphatic carboxylic acids is 1. The minimum Gasteiger partial charge on any atom is -0.480 e. The summed E-state index contributed by atoms with van der Waals surface area (Å²) in [6.07, 6.45) is 0.121. The monoisotopic (exact) mass is 355 g/mol. The Morgan fingerprint density at radius 1 is 1.48 bits per heavy atom. The van der Waals surface area contributed by atoms with Gasteiger partial charge in [-0.25, -0.2) is 4.79 Å². The predicted molar refractivity (Wildman–Crippen MR) is 88.1 cm³/mol. The summed E-state index contributed by atoms with van der Waals surface area (Å²) in [5.74, 6) is -1.64. The molecule has 0 aromatic carbocycles. The Bertz CT molecular complexity index is 687. The second kappa shape index (κ2) is 5.41. The summed E-state index contributed by atoms with van der Waals surface area (Å²) in [6, 6.07) is 0.194. The second-order valence-corrected chi connectivity index (χ2v) is 8.89. The number of nitrogens with one attached hydrogen (secondary N) is 1. The van der Waals surface area contributed by atoms with Crippen molar-refractivity contribution in [2.45, 2.75) is 42.5 Å². The predicted octanol–water partition coefficient (Wildman–Crippen LogP) is 0.504. The van der Waals surface area contributed by atoms with Crippen LogP contribution in [0.4, 0.5) is 5.69 Å². The van der Waals surface area contributed by atoms with E-state index in [1.54, 1.807) is 25.3 Å². The molecule has 3 heterocycles. The molecule has 7 nitrogen and oxygen atoms in total. The molecule has 1 aromatic heterocycles. The molecule has 1 unspecified atom stereocenters. The van der Waals surface area contributed by atoms with Crippen LogP contribution in [-0.2, 0) is 20.8 Å². The second-order valence-electron chi connectivity index (χ2n) is 6.12. The smallest absolute Gasteiger partial charge is 0.327 e. The van der Waals surface area contributed by atoms with Gasteiger partial charge in [-0.15, -0.1) is 23.1 Å². The largest absolute Gasteiger partial charge is 0.480 e. The number of hydrogen-bond acceptors (Lipinski definition) is 6. The average molecular weight is 355 g/mol. The van der Waals surface area contributed by atoms with Crippen molar-refractivity contribution in [3.63, 3.8) is 0 Å². The molecule has 0 spiro atoms. The molecule has 23 heavy (non-hydrogen) atoms. The Morgan fingerprint density at radius 2 is 2.17 bits per heavy atom. The van der Waals surface area contributed by atoms with Gasteiger partial charge in [-0.3, -0.25) is 9.59 Å². The van der Waals surface area contributed by atoms with Gasteiger partial charge in [-0.05, 0) is 25.3 Å². The fraction of sp³-hybridized carbons (Fsp3) is 0.500. The molecule has 0 saturated carbocycles. The number of amides is 2. The number of thiophene rings is 1. The maximum atomic E-state index is 12.3. The number of β-lactam (4-membered cyclic amide) rings is 1. The third-order valence-corrected chi connectivity index (χ3v) is 6.60. The summed E-state index contributed by atoms with van der Waals surface area (Å²) in [7, 11) is 0. The SMILES string of the molecule is CC1(C)S[C@@H]2C(NC(=O)Cc3sccc3N)C(=O)N2[C@H]1C(=O)O. The van der Waals surface area contributed by atoms with E-state index in [-0.39, 0.29) is 23.6 Å². The molecular weight excluding hydrogens is 338 g/mol. The van der Waals surface area contributed by atoms with Gasteiger partial charge in [-0.1, -0.05) is 0 Å². The van der Waals surface area contributed by atoms with E-state index in [9.17, 15) is 19.5 Å². The maximum absolute atomic E-state index is 12.3. The number of thioether (sulfide) groups is 1. The number of nitrogens with two attached hydrogens (primary N) is 1. The number of nitrogen functional groups attached to an aromatic ring is 1. The first kappa shape index (κ1) is 16.1. The van der Waals surface area contributed by atoms with Crippen LogP contribution < -0.4 is 11.1 Å². The van der Waals surface area contributed by atoms with E-state index >= 15 is 0 Å². The fourth-order valence-corrected chi connectivity index (χ4v) is 5.43. The number of anilines is 1. The molecule has 2 aliphatic rings. The summed E-state index contributed by atoms with van der Waals surface area (Å²) >= 11 is 2.80. The lowest BCUT2D eigenvalue weighted by Crippen LogP contribution is -2.70. The van der Waals surface area contributed by atoms with Gasteiger partial charge in [0.05, 0.1) is 6.42 Å². The highest BCUT2D eigenvalue weighted by atomic mass is 32.2. The lowest BCUT2D eigenvalue weighted by Gasteiger charge is -2.43. The number of carbonyl (C=O) groups is 3. The van der Waals surface area contributed by atoms with Gasteiger partial charge >= 0.3 is 5.97 Å². The van der Waals surface area contributed by atoms with E-state index in [4.69, 9.17) is 5.73 Å². The zero-order chi connectivity index (χ0) is 16.9. The van der Waals surface area contributed by atoms with Crippen LogP contribution in [0.2, 0.25) is 0 Å². The van der Waals surface area contributed by atoms with Crippen LogP contribution in [0.15, 0.2) is 11.4 Å². The third-order valence-electron chi connectivity index (χ3n) is 4.09. The van der Waals surface area contributed by atoms with Gasteiger partial charge in [0.1, 0.15) is 17.5 Å². The molecule has 0 radical (unpaired) electrons. The van der Waals surface area contributed by atoms with E-state index in [0.29, 0.717) is 5.69 Å². The fourth-order valence-electron chi connectivity index (χ4n) is 3.01. The lowest BCUT2D eigenvalue weighted by molar-refractivity contribution is -0.161. The summed E-state index contributed by atoms with van der Waals surface area (Å²) < 4.78 is -0.593. The molecule has 4 N–H and O–H groups in total. The lowest BCUT2D eigenvalue weighted by atomic mass is 9.96. The topological polar surface area (TPSA) is 113 Å². The molecule has 2 fully saturated rings. The van der Waals surface area contributed by atoms with Crippen LogP contribution >= 0.6 is 23.1 Å². The Morgan fingerprint density at radius 3 is 2.74 bits per heavy atom. The van der Waals surface area contributed by atoms with E-state index in [2.05, 4.69) is 5.32 Å². The molecule has 2 saturated heterocycles. The van der Waals surface area contributed by atoms with Crippen LogP contribution in [0.5, 0.6) is 0 Å². The Balaban J connectivity index is 1.68. The van der Waals surface area contributed by atoms with Crippen LogP contribution in [0.25, 0.3) is 0 Å². The van der Waals surface area contributed by atoms with Crippen molar-refractivity contribution >= 4 is 46.6 Å². The molecule has 2 aliphatic heterocycles. The van der Waals surface area contributed by atoms with Crippen molar-refractivity contribution in [3.8, 4) is 0 Å². The van der Waals surface area contributed by atoms with Gasteiger partial charge in [0.15, 0.2) is 0 Å². The molecule has 124 valence electrons. The average Bonchev–Trinajstić information content (AvgIpc) is 2.95. The highest BCUT2D eigenvalue weighted by Crippen LogP contribution is 2.50. The Hall–Kier alpha value is -1.74. The Labute approximate surface area is 141 Å². The quantitative estimate of drug-likeness (QED) is 0.678. The van der Waals surface area contributed by atoms with Crippen LogP contribution in [0, 0.1) is 0 Å². The standard InChI is InChI=1S/C14H17N3O4S2/c1-14(2)10(13(20)21)17-11(19)9(12(17)23-14)16-8(18)5-7-6(15)3-4-22-7/h3-4,9-10,12H,5,15H2,1-2H3,(H,16,18)(H,20,21)/t9?,10-,12+/m0/s1. The zero-order valence-corrected chi connectivity index (χ0v) is 14.2. The molecule has 2 amide bonds. The summed E-state index contributed by atoms with van der Waals surface area (Å²) in [4.78, 5) is 37.9. The minimum atomic E-state index is -1.02. The number of carbonyl (C=O) groups excluding carboxylic acids is 2. The van der Waals surface area contributed by atoms with Gasteiger partial charge in [0.2, 0.25) is 11.8 Å². The van der Waals surface area contributed by atoms with Gasteiger partial charge < -0.3 is 21.1 Å². The van der Waals surface area contributed by atoms with Crippen molar-refractivity contribution in [3.05, 3.63) is 16.3 Å². The van der Waals surface area contributed by atoms with Crippen molar-refractivity contribution in [1.29, 1.82) is 0 Å². The molecule has 9 heteroatoms. The van der Waals surface area contributed by atoms with E-state index in [0.717, 1.165) is 4.88 Å². The van der Waals surface area contributed by atoms with Gasteiger partial charge in [0, 0.05) is 15.3 Å². The molecule has 3 atom stereocenters. The third kappa shape index (κ3) is 2.57.